The van der Waals surface area contributed by atoms with Crippen LogP contribution < -0.4 is 10.1 Å². The van der Waals surface area contributed by atoms with Crippen LogP contribution in [0.3, 0.4) is 0 Å². The molecule has 0 aliphatic heterocycles. The van der Waals surface area contributed by atoms with Gasteiger partial charge < -0.3 is 15.2 Å². The average Bonchev–Trinajstić information content (AvgIpc) is 2.48. The first-order valence-corrected chi connectivity index (χ1v) is 6.46. The molecule has 0 aliphatic carbocycles. The summed E-state index contributed by atoms with van der Waals surface area (Å²) in [5.41, 5.74) is 1.78. The van der Waals surface area contributed by atoms with Gasteiger partial charge in [0, 0.05) is 13.1 Å². The summed E-state index contributed by atoms with van der Waals surface area (Å²) < 4.78 is 17.9. The monoisotopic (exact) mass is 275 g/mol. The number of nitrogens with one attached hydrogen (secondary N) is 1. The minimum absolute atomic E-state index is 0.301. The zero-order valence-electron chi connectivity index (χ0n) is 11.3. The summed E-state index contributed by atoms with van der Waals surface area (Å²) in [6.45, 7) is 1.04. The molecule has 0 saturated heterocycles. The van der Waals surface area contributed by atoms with Crippen molar-refractivity contribution in [3.63, 3.8) is 0 Å². The molecule has 106 valence electrons. The molecule has 0 spiro atoms. The first-order valence-electron chi connectivity index (χ1n) is 6.46. The Bertz CT molecular complexity index is 542. The van der Waals surface area contributed by atoms with Gasteiger partial charge in [-0.3, -0.25) is 0 Å². The van der Waals surface area contributed by atoms with Crippen LogP contribution in [0, 0.1) is 5.82 Å². The highest BCUT2D eigenvalue weighted by atomic mass is 19.1. The van der Waals surface area contributed by atoms with Gasteiger partial charge in [-0.05, 0) is 35.4 Å². The molecule has 0 radical (unpaired) electrons. The molecular formula is C16H18FNO2. The van der Waals surface area contributed by atoms with E-state index in [-0.39, 0.29) is 5.82 Å². The second-order valence-electron chi connectivity index (χ2n) is 4.55. The molecule has 1 unspecified atom stereocenters. The van der Waals surface area contributed by atoms with Crippen molar-refractivity contribution in [3.05, 3.63) is 65.5 Å². The van der Waals surface area contributed by atoms with Crippen LogP contribution in [0.4, 0.5) is 4.39 Å². The molecule has 0 aromatic heterocycles. The van der Waals surface area contributed by atoms with Crippen LogP contribution in [0.15, 0.2) is 48.5 Å². The summed E-state index contributed by atoms with van der Waals surface area (Å²) in [5.74, 6) is 0.508. The predicted molar refractivity (Wildman–Crippen MR) is 76.1 cm³/mol. The van der Waals surface area contributed by atoms with Gasteiger partial charge in [0.05, 0.1) is 13.2 Å². The van der Waals surface area contributed by atoms with Gasteiger partial charge in [-0.1, -0.05) is 24.3 Å². The van der Waals surface area contributed by atoms with E-state index in [0.29, 0.717) is 18.7 Å². The second-order valence-corrected chi connectivity index (χ2v) is 4.55. The number of aliphatic hydroxyl groups excluding tert-OH is 1. The van der Waals surface area contributed by atoms with Gasteiger partial charge in [-0.25, -0.2) is 4.39 Å². The molecule has 1 atom stereocenters. The van der Waals surface area contributed by atoms with Gasteiger partial charge in [0.25, 0.3) is 0 Å². The van der Waals surface area contributed by atoms with Crippen molar-refractivity contribution in [2.24, 2.45) is 0 Å². The third-order valence-electron chi connectivity index (χ3n) is 3.06. The minimum Gasteiger partial charge on any atom is -0.497 e. The fourth-order valence-electron chi connectivity index (χ4n) is 1.94. The van der Waals surface area contributed by atoms with Crippen LogP contribution >= 0.6 is 0 Å². The zero-order chi connectivity index (χ0) is 14.4. The van der Waals surface area contributed by atoms with Crippen molar-refractivity contribution in [1.82, 2.24) is 5.32 Å². The molecule has 2 rings (SSSR count). The fraction of sp³-hybridized carbons (Fsp3) is 0.250. The standard InChI is InChI=1S/C16H18FNO2/c1-20-15-4-2-3-12(9-15)10-18-11-16(19)13-5-7-14(17)8-6-13/h2-9,16,18-19H,10-11H2,1H3. The van der Waals surface area contributed by atoms with Crippen molar-refractivity contribution in [3.8, 4) is 5.75 Å². The summed E-state index contributed by atoms with van der Waals surface area (Å²) in [7, 11) is 1.63. The van der Waals surface area contributed by atoms with E-state index in [1.165, 1.54) is 12.1 Å². The molecule has 4 heteroatoms. The van der Waals surface area contributed by atoms with Crippen molar-refractivity contribution < 1.29 is 14.2 Å². The number of benzene rings is 2. The van der Waals surface area contributed by atoms with Gasteiger partial charge >= 0.3 is 0 Å². The lowest BCUT2D eigenvalue weighted by Gasteiger charge is -2.12. The molecule has 2 aromatic carbocycles. The van der Waals surface area contributed by atoms with Crippen molar-refractivity contribution >= 4 is 0 Å². The number of hydrogen-bond acceptors (Lipinski definition) is 3. The Morgan fingerprint density at radius 1 is 1.20 bits per heavy atom. The third kappa shape index (κ3) is 4.05. The number of aliphatic hydroxyl groups is 1. The number of methoxy groups -OCH3 is 1. The minimum atomic E-state index is -0.652. The molecule has 0 fully saturated rings. The van der Waals surface area contributed by atoms with Crippen molar-refractivity contribution in [1.29, 1.82) is 0 Å². The molecular weight excluding hydrogens is 257 g/mol. The van der Waals surface area contributed by atoms with E-state index in [1.807, 2.05) is 24.3 Å². The summed E-state index contributed by atoms with van der Waals surface area (Å²) in [4.78, 5) is 0. The Hall–Kier alpha value is -1.91. The van der Waals surface area contributed by atoms with E-state index in [9.17, 15) is 9.50 Å². The fourth-order valence-corrected chi connectivity index (χ4v) is 1.94. The van der Waals surface area contributed by atoms with Gasteiger partial charge in [-0.15, -0.1) is 0 Å². The first kappa shape index (κ1) is 14.5. The van der Waals surface area contributed by atoms with Crippen LogP contribution in [0.5, 0.6) is 5.75 Å². The molecule has 0 heterocycles. The van der Waals surface area contributed by atoms with Crippen LogP contribution in [0.2, 0.25) is 0 Å². The SMILES string of the molecule is COc1cccc(CNCC(O)c2ccc(F)cc2)c1. The summed E-state index contributed by atoms with van der Waals surface area (Å²) >= 11 is 0. The topological polar surface area (TPSA) is 41.5 Å². The summed E-state index contributed by atoms with van der Waals surface area (Å²) in [6.07, 6.45) is -0.652. The molecule has 20 heavy (non-hydrogen) atoms. The maximum absolute atomic E-state index is 12.8. The highest BCUT2D eigenvalue weighted by Crippen LogP contribution is 2.14. The number of rotatable bonds is 6. The summed E-state index contributed by atoms with van der Waals surface area (Å²) in [5, 5.41) is 13.1. The number of hydrogen-bond donors (Lipinski definition) is 2. The van der Waals surface area contributed by atoms with E-state index >= 15 is 0 Å². The maximum atomic E-state index is 12.8. The van der Waals surface area contributed by atoms with Gasteiger partial charge in [-0.2, -0.15) is 0 Å². The smallest absolute Gasteiger partial charge is 0.123 e. The van der Waals surface area contributed by atoms with Crippen molar-refractivity contribution in [2.45, 2.75) is 12.6 Å². The Morgan fingerprint density at radius 2 is 1.95 bits per heavy atom. The Kier molecular flexibility index (Phi) is 5.09. The molecule has 3 nitrogen and oxygen atoms in total. The quantitative estimate of drug-likeness (QED) is 0.851. The molecule has 2 aromatic rings. The van der Waals surface area contributed by atoms with Crippen LogP contribution in [-0.2, 0) is 6.54 Å². The largest absolute Gasteiger partial charge is 0.497 e. The Morgan fingerprint density at radius 3 is 2.65 bits per heavy atom. The highest BCUT2D eigenvalue weighted by Gasteiger charge is 2.07. The normalized spacial score (nSPS) is 12.2. The van der Waals surface area contributed by atoms with E-state index in [4.69, 9.17) is 4.74 Å². The van der Waals surface area contributed by atoms with E-state index in [0.717, 1.165) is 11.3 Å². The van der Waals surface area contributed by atoms with Crippen LogP contribution in [-0.4, -0.2) is 18.8 Å². The Balaban J connectivity index is 1.84. The lowest BCUT2D eigenvalue weighted by atomic mass is 10.1. The molecule has 0 aliphatic rings. The van der Waals surface area contributed by atoms with E-state index in [2.05, 4.69) is 5.32 Å². The Labute approximate surface area is 118 Å². The van der Waals surface area contributed by atoms with Gasteiger partial charge in [0.1, 0.15) is 11.6 Å². The van der Waals surface area contributed by atoms with Crippen molar-refractivity contribution in [2.75, 3.05) is 13.7 Å². The second kappa shape index (κ2) is 7.03. The van der Waals surface area contributed by atoms with E-state index in [1.54, 1.807) is 19.2 Å². The van der Waals surface area contributed by atoms with Crippen LogP contribution in [0.1, 0.15) is 17.2 Å². The average molecular weight is 275 g/mol. The highest BCUT2D eigenvalue weighted by molar-refractivity contribution is 5.28. The maximum Gasteiger partial charge on any atom is 0.123 e. The number of halogens is 1. The molecule has 0 bridgehead atoms. The molecule has 2 N–H and O–H groups in total. The lowest BCUT2D eigenvalue weighted by Crippen LogP contribution is -2.21. The number of ether oxygens (including phenoxy) is 1. The predicted octanol–water partition coefficient (Wildman–Crippen LogP) is 2.66. The molecule has 0 saturated carbocycles. The lowest BCUT2D eigenvalue weighted by molar-refractivity contribution is 0.174. The third-order valence-corrected chi connectivity index (χ3v) is 3.06. The molecule has 0 amide bonds. The van der Waals surface area contributed by atoms with Gasteiger partial charge in [0.2, 0.25) is 0 Å². The summed E-state index contributed by atoms with van der Waals surface area (Å²) in [6, 6.07) is 13.6. The first-order chi connectivity index (χ1) is 9.69. The van der Waals surface area contributed by atoms with Crippen LogP contribution in [0.25, 0.3) is 0 Å². The van der Waals surface area contributed by atoms with Gasteiger partial charge in [0.15, 0.2) is 0 Å². The van der Waals surface area contributed by atoms with E-state index < -0.39 is 6.10 Å². The zero-order valence-corrected chi connectivity index (χ0v) is 11.3.